The summed E-state index contributed by atoms with van der Waals surface area (Å²) in [4.78, 5) is 12.1. The van der Waals surface area contributed by atoms with Gasteiger partial charge in [-0.3, -0.25) is 4.79 Å². The van der Waals surface area contributed by atoms with E-state index in [1.54, 1.807) is 18.8 Å². The van der Waals surface area contributed by atoms with Crippen molar-refractivity contribution in [3.63, 3.8) is 0 Å². The molecule has 0 spiro atoms. The van der Waals surface area contributed by atoms with E-state index in [1.165, 1.54) is 10.5 Å². The molecule has 0 aliphatic rings. The first-order valence-corrected chi connectivity index (χ1v) is 5.11. The van der Waals surface area contributed by atoms with Gasteiger partial charge in [0.2, 0.25) is 5.91 Å². The van der Waals surface area contributed by atoms with Crippen LogP contribution < -0.4 is 5.32 Å². The second-order valence-electron chi connectivity index (χ2n) is 2.73. The van der Waals surface area contributed by atoms with E-state index in [1.807, 2.05) is 31.2 Å². The topological polar surface area (TPSA) is 29.1 Å². The first-order valence-electron chi connectivity index (χ1n) is 4.13. The van der Waals surface area contributed by atoms with E-state index in [2.05, 4.69) is 5.32 Å². The zero-order chi connectivity index (χ0) is 9.68. The van der Waals surface area contributed by atoms with Gasteiger partial charge in [-0.15, -0.1) is 11.8 Å². The van der Waals surface area contributed by atoms with Gasteiger partial charge < -0.3 is 5.32 Å². The van der Waals surface area contributed by atoms with Gasteiger partial charge in [0.15, 0.2) is 0 Å². The van der Waals surface area contributed by atoms with Crippen LogP contribution in [0.15, 0.2) is 29.2 Å². The van der Waals surface area contributed by atoms with Gasteiger partial charge in [-0.25, -0.2) is 0 Å². The summed E-state index contributed by atoms with van der Waals surface area (Å²) in [7, 11) is 1.65. The minimum Gasteiger partial charge on any atom is -0.358 e. The number of amides is 1. The van der Waals surface area contributed by atoms with Gasteiger partial charge in [-0.2, -0.15) is 0 Å². The van der Waals surface area contributed by atoms with E-state index in [4.69, 9.17) is 0 Å². The van der Waals surface area contributed by atoms with Crippen LogP contribution in [-0.4, -0.2) is 18.7 Å². The molecule has 1 rings (SSSR count). The molecule has 0 bridgehead atoms. The van der Waals surface area contributed by atoms with E-state index in [0.29, 0.717) is 5.75 Å². The average Bonchev–Trinajstić information content (AvgIpc) is 2.16. The van der Waals surface area contributed by atoms with Crippen LogP contribution in [0, 0.1) is 6.92 Å². The number of thioether (sulfide) groups is 1. The van der Waals surface area contributed by atoms with Crippen molar-refractivity contribution in [3.05, 3.63) is 29.8 Å². The summed E-state index contributed by atoms with van der Waals surface area (Å²) in [6, 6.07) is 8.06. The van der Waals surface area contributed by atoms with Crippen LogP contribution in [0.3, 0.4) is 0 Å². The van der Waals surface area contributed by atoms with Crippen molar-refractivity contribution < 1.29 is 4.79 Å². The third kappa shape index (κ3) is 3.11. The first-order chi connectivity index (χ1) is 6.24. The van der Waals surface area contributed by atoms with Crippen LogP contribution in [-0.2, 0) is 4.79 Å². The minimum absolute atomic E-state index is 0.0632. The Morgan fingerprint density at radius 2 is 2.15 bits per heavy atom. The maximum absolute atomic E-state index is 11.0. The molecule has 13 heavy (non-hydrogen) atoms. The van der Waals surface area contributed by atoms with Gasteiger partial charge in [0.1, 0.15) is 0 Å². The lowest BCUT2D eigenvalue weighted by molar-refractivity contribution is -0.118. The van der Waals surface area contributed by atoms with E-state index < -0.39 is 0 Å². The summed E-state index contributed by atoms with van der Waals surface area (Å²) in [6.45, 7) is 2.05. The lowest BCUT2D eigenvalue weighted by Crippen LogP contribution is -2.19. The Kier molecular flexibility index (Phi) is 3.83. The summed E-state index contributed by atoms with van der Waals surface area (Å²) < 4.78 is 0. The molecule has 2 nitrogen and oxygen atoms in total. The highest BCUT2D eigenvalue weighted by Crippen LogP contribution is 2.20. The fourth-order valence-electron chi connectivity index (χ4n) is 0.934. The van der Waals surface area contributed by atoms with Gasteiger partial charge >= 0.3 is 0 Å². The van der Waals surface area contributed by atoms with E-state index >= 15 is 0 Å². The van der Waals surface area contributed by atoms with Crippen molar-refractivity contribution in [2.45, 2.75) is 11.8 Å². The molecule has 1 aromatic rings. The molecule has 3 heteroatoms. The van der Waals surface area contributed by atoms with Crippen molar-refractivity contribution in [1.82, 2.24) is 5.32 Å². The average molecular weight is 195 g/mol. The smallest absolute Gasteiger partial charge is 0.230 e. The van der Waals surface area contributed by atoms with Crippen molar-refractivity contribution in [3.8, 4) is 0 Å². The molecule has 1 N–H and O–H groups in total. The molecule has 0 saturated heterocycles. The molecule has 1 aromatic carbocycles. The van der Waals surface area contributed by atoms with Crippen LogP contribution >= 0.6 is 11.8 Å². The molecule has 0 fully saturated rings. The van der Waals surface area contributed by atoms with Gasteiger partial charge in [-0.05, 0) is 18.6 Å². The van der Waals surface area contributed by atoms with Crippen molar-refractivity contribution in [2.75, 3.05) is 12.8 Å². The summed E-state index contributed by atoms with van der Waals surface area (Å²) in [6.07, 6.45) is 0. The standard InChI is InChI=1S/C10H13NOS/c1-8-5-3-4-6-9(8)13-7-10(12)11-2/h3-6H,7H2,1-2H3,(H,11,12). The van der Waals surface area contributed by atoms with Crippen LogP contribution in [0.5, 0.6) is 0 Å². The summed E-state index contributed by atoms with van der Waals surface area (Å²) in [5.41, 5.74) is 1.22. The van der Waals surface area contributed by atoms with Crippen molar-refractivity contribution in [2.24, 2.45) is 0 Å². The van der Waals surface area contributed by atoms with Gasteiger partial charge in [-0.1, -0.05) is 18.2 Å². The molecule has 0 aliphatic heterocycles. The molecule has 0 atom stereocenters. The molecule has 70 valence electrons. The molecule has 1 amide bonds. The molecule has 0 aromatic heterocycles. The number of hydrogen-bond acceptors (Lipinski definition) is 2. The maximum Gasteiger partial charge on any atom is 0.230 e. The van der Waals surface area contributed by atoms with E-state index in [9.17, 15) is 4.79 Å². The van der Waals surface area contributed by atoms with E-state index in [0.717, 1.165) is 0 Å². The highest BCUT2D eigenvalue weighted by Gasteiger charge is 2.01. The fraction of sp³-hybridized carbons (Fsp3) is 0.300. The van der Waals surface area contributed by atoms with Crippen LogP contribution in [0.25, 0.3) is 0 Å². The predicted octanol–water partition coefficient (Wildman–Crippen LogP) is 1.83. The number of carbonyl (C=O) groups excluding carboxylic acids is 1. The van der Waals surface area contributed by atoms with Gasteiger partial charge in [0.25, 0.3) is 0 Å². The minimum atomic E-state index is 0.0632. The third-order valence-electron chi connectivity index (χ3n) is 1.73. The number of aryl methyl sites for hydroxylation is 1. The van der Waals surface area contributed by atoms with Crippen molar-refractivity contribution >= 4 is 17.7 Å². The molecule has 0 unspecified atom stereocenters. The third-order valence-corrected chi connectivity index (χ3v) is 2.91. The molecular weight excluding hydrogens is 182 g/mol. The summed E-state index contributed by atoms with van der Waals surface area (Å²) >= 11 is 1.57. The zero-order valence-electron chi connectivity index (χ0n) is 7.83. The molecule has 0 aliphatic carbocycles. The molecular formula is C10H13NOS. The first kappa shape index (κ1) is 10.1. The Hall–Kier alpha value is -0.960. The lowest BCUT2D eigenvalue weighted by Gasteiger charge is -2.03. The maximum atomic E-state index is 11.0. The monoisotopic (exact) mass is 195 g/mol. The Morgan fingerprint density at radius 3 is 2.77 bits per heavy atom. The normalized spacial score (nSPS) is 9.69. The highest BCUT2D eigenvalue weighted by atomic mass is 32.2. The zero-order valence-corrected chi connectivity index (χ0v) is 8.65. The Bertz CT molecular complexity index is 299. The Morgan fingerprint density at radius 1 is 1.46 bits per heavy atom. The van der Waals surface area contributed by atoms with Crippen LogP contribution in [0.2, 0.25) is 0 Å². The number of nitrogens with one attached hydrogen (secondary N) is 1. The van der Waals surface area contributed by atoms with Gasteiger partial charge in [0.05, 0.1) is 5.75 Å². The second-order valence-corrected chi connectivity index (χ2v) is 3.74. The van der Waals surface area contributed by atoms with Crippen LogP contribution in [0.1, 0.15) is 5.56 Å². The number of carbonyl (C=O) groups is 1. The number of rotatable bonds is 3. The lowest BCUT2D eigenvalue weighted by atomic mass is 10.2. The van der Waals surface area contributed by atoms with Crippen LogP contribution in [0.4, 0.5) is 0 Å². The van der Waals surface area contributed by atoms with Gasteiger partial charge in [0, 0.05) is 11.9 Å². The predicted molar refractivity (Wildman–Crippen MR) is 56.0 cm³/mol. The highest BCUT2D eigenvalue weighted by molar-refractivity contribution is 8.00. The summed E-state index contributed by atoms with van der Waals surface area (Å²) in [5.74, 6) is 0.551. The Balaban J connectivity index is 2.54. The SMILES string of the molecule is CNC(=O)CSc1ccccc1C. The van der Waals surface area contributed by atoms with Crippen molar-refractivity contribution in [1.29, 1.82) is 0 Å². The number of hydrogen-bond donors (Lipinski definition) is 1. The number of benzene rings is 1. The largest absolute Gasteiger partial charge is 0.358 e. The van der Waals surface area contributed by atoms with E-state index in [-0.39, 0.29) is 5.91 Å². The Labute approximate surface area is 82.7 Å². The fourth-order valence-corrected chi connectivity index (χ4v) is 1.84. The second kappa shape index (κ2) is 4.92. The quantitative estimate of drug-likeness (QED) is 0.746. The molecule has 0 radical (unpaired) electrons. The molecule has 0 heterocycles. The molecule has 0 saturated carbocycles. The summed E-state index contributed by atoms with van der Waals surface area (Å²) in [5, 5.41) is 2.59.